The highest BCUT2D eigenvalue weighted by molar-refractivity contribution is 6.42. The third-order valence-corrected chi connectivity index (χ3v) is 5.41. The van der Waals surface area contributed by atoms with E-state index >= 15 is 0 Å². The number of rotatable bonds is 6. The van der Waals surface area contributed by atoms with E-state index < -0.39 is 11.4 Å². The Kier molecular flexibility index (Phi) is 6.15. The lowest BCUT2D eigenvalue weighted by Crippen LogP contribution is -2.23. The van der Waals surface area contributed by atoms with Gasteiger partial charge < -0.3 is 9.67 Å². The van der Waals surface area contributed by atoms with Crippen molar-refractivity contribution >= 4 is 29.2 Å². The topological polar surface area (TPSA) is 77.1 Å². The number of carbonyl (C=O) groups is 1. The summed E-state index contributed by atoms with van der Waals surface area (Å²) < 4.78 is 3.66. The summed E-state index contributed by atoms with van der Waals surface area (Å²) in [7, 11) is 0. The highest BCUT2D eigenvalue weighted by Crippen LogP contribution is 2.31. The van der Waals surface area contributed by atoms with Crippen molar-refractivity contribution in [3.8, 4) is 11.3 Å². The van der Waals surface area contributed by atoms with Gasteiger partial charge >= 0.3 is 5.97 Å². The molecule has 0 aliphatic carbocycles. The van der Waals surface area contributed by atoms with Gasteiger partial charge in [-0.1, -0.05) is 29.3 Å². The molecule has 1 aromatic carbocycles. The average Bonchev–Trinajstić information content (AvgIpc) is 3.12. The summed E-state index contributed by atoms with van der Waals surface area (Å²) in [5, 5.41) is 14.9. The van der Waals surface area contributed by atoms with Gasteiger partial charge in [-0.25, -0.2) is 4.79 Å². The Morgan fingerprint density at radius 2 is 1.90 bits per heavy atom. The Morgan fingerprint density at radius 1 is 1.17 bits per heavy atom. The second-order valence-corrected chi connectivity index (χ2v) is 7.77. The van der Waals surface area contributed by atoms with Gasteiger partial charge in [-0.3, -0.25) is 9.48 Å². The minimum absolute atomic E-state index is 0.221. The van der Waals surface area contributed by atoms with Gasteiger partial charge in [0.2, 0.25) is 0 Å². The molecular weight excluding hydrogens is 413 g/mol. The molecule has 0 fully saturated rings. The minimum Gasteiger partial charge on any atom is -0.477 e. The third-order valence-electron chi connectivity index (χ3n) is 4.68. The molecular formula is C21H21Cl2N3O3. The van der Waals surface area contributed by atoms with Crippen LogP contribution in [0.2, 0.25) is 10.0 Å². The molecule has 2 heterocycles. The zero-order valence-electron chi connectivity index (χ0n) is 16.3. The first-order valence-corrected chi connectivity index (χ1v) is 9.98. The van der Waals surface area contributed by atoms with Crippen LogP contribution in [0, 0.1) is 0 Å². The van der Waals surface area contributed by atoms with Crippen molar-refractivity contribution in [1.82, 2.24) is 14.3 Å². The van der Waals surface area contributed by atoms with Crippen LogP contribution in [0.25, 0.3) is 11.3 Å². The number of aromatic nitrogens is 3. The van der Waals surface area contributed by atoms with Crippen LogP contribution < -0.4 is 5.43 Å². The molecule has 8 heteroatoms. The van der Waals surface area contributed by atoms with Crippen molar-refractivity contribution < 1.29 is 9.90 Å². The van der Waals surface area contributed by atoms with Crippen molar-refractivity contribution in [2.45, 2.75) is 39.8 Å². The van der Waals surface area contributed by atoms with Crippen LogP contribution in [0.1, 0.15) is 48.6 Å². The number of halogens is 2. The van der Waals surface area contributed by atoms with E-state index in [2.05, 4.69) is 5.10 Å². The molecule has 0 bridgehead atoms. The molecule has 0 saturated carbocycles. The number of benzene rings is 1. The maximum Gasteiger partial charge on any atom is 0.341 e. The molecule has 0 radical (unpaired) electrons. The van der Waals surface area contributed by atoms with Crippen molar-refractivity contribution in [1.29, 1.82) is 0 Å². The van der Waals surface area contributed by atoms with Crippen LogP contribution in [-0.2, 0) is 13.0 Å². The number of hydrogen-bond donors (Lipinski definition) is 1. The zero-order chi connectivity index (χ0) is 21.3. The Balaban J connectivity index is 2.22. The number of pyridine rings is 1. The Hall–Kier alpha value is -2.57. The molecule has 0 aliphatic heterocycles. The van der Waals surface area contributed by atoms with E-state index in [4.69, 9.17) is 23.2 Å². The molecule has 3 rings (SSSR count). The Bertz CT molecular complexity index is 1130. The van der Waals surface area contributed by atoms with E-state index in [1.165, 1.54) is 6.07 Å². The average molecular weight is 434 g/mol. The predicted octanol–water partition coefficient (Wildman–Crippen LogP) is 4.91. The lowest BCUT2D eigenvalue weighted by molar-refractivity contribution is 0.0695. The molecule has 152 valence electrons. The fraction of sp³-hybridized carbons (Fsp3) is 0.286. The van der Waals surface area contributed by atoms with E-state index in [1.54, 1.807) is 18.2 Å². The normalized spacial score (nSPS) is 11.2. The van der Waals surface area contributed by atoms with Gasteiger partial charge in [0.1, 0.15) is 5.56 Å². The lowest BCUT2D eigenvalue weighted by Gasteiger charge is -2.19. The smallest absolute Gasteiger partial charge is 0.341 e. The summed E-state index contributed by atoms with van der Waals surface area (Å²) >= 11 is 12.2. The Morgan fingerprint density at radius 3 is 2.45 bits per heavy atom. The van der Waals surface area contributed by atoms with Gasteiger partial charge in [0.15, 0.2) is 5.43 Å². The maximum absolute atomic E-state index is 12.7. The zero-order valence-corrected chi connectivity index (χ0v) is 17.8. The van der Waals surface area contributed by atoms with Gasteiger partial charge in [0, 0.05) is 42.5 Å². The summed E-state index contributed by atoms with van der Waals surface area (Å²) in [5.74, 6) is -1.28. The standard InChI is InChI=1S/C21H21Cl2N3O3/c1-4-25-15(10-14-7-8-26(24-14)12(2)3)11-18(27)19(21(28)29)20(25)13-5-6-16(22)17(23)9-13/h5-9,11-12H,4,10H2,1-3H3,(H,28,29). The summed E-state index contributed by atoms with van der Waals surface area (Å²) in [4.78, 5) is 24.6. The summed E-state index contributed by atoms with van der Waals surface area (Å²) in [5.41, 5.74) is 1.46. The van der Waals surface area contributed by atoms with Crippen LogP contribution in [-0.4, -0.2) is 25.4 Å². The van der Waals surface area contributed by atoms with Gasteiger partial charge in [-0.15, -0.1) is 0 Å². The van der Waals surface area contributed by atoms with Gasteiger partial charge in [-0.2, -0.15) is 5.10 Å². The van der Waals surface area contributed by atoms with Crippen LogP contribution in [0.4, 0.5) is 0 Å². The Labute approximate surface area is 178 Å². The van der Waals surface area contributed by atoms with Crippen molar-refractivity contribution in [2.24, 2.45) is 0 Å². The molecule has 0 saturated heterocycles. The molecule has 29 heavy (non-hydrogen) atoms. The predicted molar refractivity (Wildman–Crippen MR) is 114 cm³/mol. The first-order valence-electron chi connectivity index (χ1n) is 9.22. The van der Waals surface area contributed by atoms with E-state index in [0.717, 1.165) is 5.69 Å². The molecule has 0 aliphatic rings. The molecule has 0 atom stereocenters. The van der Waals surface area contributed by atoms with Crippen molar-refractivity contribution in [3.63, 3.8) is 0 Å². The van der Waals surface area contributed by atoms with E-state index in [1.807, 2.05) is 42.3 Å². The third kappa shape index (κ3) is 4.23. The fourth-order valence-electron chi connectivity index (χ4n) is 3.30. The molecule has 6 nitrogen and oxygen atoms in total. The lowest BCUT2D eigenvalue weighted by atomic mass is 10.0. The second-order valence-electron chi connectivity index (χ2n) is 6.96. The summed E-state index contributed by atoms with van der Waals surface area (Å²) in [6.45, 7) is 6.43. The minimum atomic E-state index is -1.28. The van der Waals surface area contributed by atoms with E-state index in [9.17, 15) is 14.7 Å². The largest absolute Gasteiger partial charge is 0.477 e. The van der Waals surface area contributed by atoms with Crippen LogP contribution in [0.3, 0.4) is 0 Å². The molecule has 0 spiro atoms. The molecule has 1 N–H and O–H groups in total. The molecule has 2 aromatic heterocycles. The van der Waals surface area contributed by atoms with Crippen molar-refractivity contribution in [3.05, 3.63) is 73.7 Å². The van der Waals surface area contributed by atoms with Gasteiger partial charge in [0.25, 0.3) is 0 Å². The number of aromatic carboxylic acids is 1. The highest BCUT2D eigenvalue weighted by atomic mass is 35.5. The number of carboxylic acid groups (broad SMARTS) is 1. The molecule has 0 unspecified atom stereocenters. The number of carboxylic acids is 1. The number of nitrogens with zero attached hydrogens (tertiary/aromatic N) is 3. The van der Waals surface area contributed by atoms with Crippen LogP contribution >= 0.6 is 23.2 Å². The van der Waals surface area contributed by atoms with Crippen molar-refractivity contribution in [2.75, 3.05) is 0 Å². The van der Waals surface area contributed by atoms with Gasteiger partial charge in [0.05, 0.1) is 21.4 Å². The molecule has 0 amide bonds. The highest BCUT2D eigenvalue weighted by Gasteiger charge is 2.22. The van der Waals surface area contributed by atoms with Gasteiger partial charge in [-0.05, 0) is 39.0 Å². The molecule has 3 aromatic rings. The maximum atomic E-state index is 12.7. The first kappa shape index (κ1) is 21.1. The second kappa shape index (κ2) is 8.43. The monoisotopic (exact) mass is 433 g/mol. The summed E-state index contributed by atoms with van der Waals surface area (Å²) in [6.07, 6.45) is 2.29. The number of hydrogen-bond acceptors (Lipinski definition) is 3. The van der Waals surface area contributed by atoms with Crippen LogP contribution in [0.5, 0.6) is 0 Å². The quantitative estimate of drug-likeness (QED) is 0.598. The SMILES string of the molecule is CCn1c(Cc2ccn(C(C)C)n2)cc(=O)c(C(=O)O)c1-c1ccc(Cl)c(Cl)c1. The van der Waals surface area contributed by atoms with E-state index in [-0.39, 0.29) is 16.6 Å². The summed E-state index contributed by atoms with van der Waals surface area (Å²) in [6, 6.07) is 8.33. The fourth-order valence-corrected chi connectivity index (χ4v) is 3.60. The first-order chi connectivity index (χ1) is 13.7. The van der Waals surface area contributed by atoms with Crippen LogP contribution in [0.15, 0.2) is 41.3 Å². The van der Waals surface area contributed by atoms with E-state index in [0.29, 0.717) is 34.9 Å².